The number of halogens is 1. The van der Waals surface area contributed by atoms with Gasteiger partial charge in [-0.25, -0.2) is 9.18 Å². The van der Waals surface area contributed by atoms with Gasteiger partial charge in [0.2, 0.25) is 0 Å². The molecule has 7 heteroatoms. The van der Waals surface area contributed by atoms with Crippen molar-refractivity contribution >= 4 is 23.2 Å². The molecule has 2 aromatic carbocycles. The van der Waals surface area contributed by atoms with Gasteiger partial charge in [-0.05, 0) is 53.3 Å². The molecule has 2 heterocycles. The summed E-state index contributed by atoms with van der Waals surface area (Å²) in [5, 5.41) is 10.9. The van der Waals surface area contributed by atoms with E-state index in [1.807, 2.05) is 11.4 Å². The third kappa shape index (κ3) is 4.14. The quantitative estimate of drug-likeness (QED) is 0.683. The van der Waals surface area contributed by atoms with Gasteiger partial charge in [0.15, 0.2) is 6.61 Å². The summed E-state index contributed by atoms with van der Waals surface area (Å²) in [4.78, 5) is 26.9. The molecule has 1 aliphatic rings. The number of ether oxygens (including phenoxy) is 1. The topological polar surface area (TPSA) is 66.8 Å². The molecule has 1 amide bonds. The number of hydrogen-bond acceptors (Lipinski definition) is 4. The van der Waals surface area contributed by atoms with Gasteiger partial charge in [0.25, 0.3) is 5.91 Å². The number of carboxylic acid groups (broad SMARTS) is 1. The van der Waals surface area contributed by atoms with Crippen LogP contribution in [-0.4, -0.2) is 35.0 Å². The van der Waals surface area contributed by atoms with Crippen molar-refractivity contribution in [3.8, 4) is 16.9 Å². The summed E-state index contributed by atoms with van der Waals surface area (Å²) in [5.74, 6) is -1.55. The monoisotopic (exact) mass is 411 g/mol. The molecular formula is C22H18FNO4S. The average molecular weight is 411 g/mol. The number of fused-ring (bicyclic) bond motifs is 1. The largest absolute Gasteiger partial charge is 0.481 e. The average Bonchev–Trinajstić information content (AvgIpc) is 3.19. The number of hydrogen-bond donors (Lipinski definition) is 1. The summed E-state index contributed by atoms with van der Waals surface area (Å²) in [5.41, 5.74) is 2.38. The van der Waals surface area contributed by atoms with E-state index in [2.05, 4.69) is 0 Å². The molecule has 4 rings (SSSR count). The van der Waals surface area contributed by atoms with Gasteiger partial charge in [-0.2, -0.15) is 0 Å². The van der Waals surface area contributed by atoms with Crippen LogP contribution < -0.4 is 4.74 Å². The molecule has 29 heavy (non-hydrogen) atoms. The van der Waals surface area contributed by atoms with E-state index in [0.29, 0.717) is 30.0 Å². The van der Waals surface area contributed by atoms with Crippen molar-refractivity contribution < 1.29 is 23.8 Å². The molecule has 0 atom stereocenters. The van der Waals surface area contributed by atoms with E-state index in [1.165, 1.54) is 17.0 Å². The lowest BCUT2D eigenvalue weighted by Crippen LogP contribution is -2.35. The molecule has 5 nitrogen and oxygen atoms in total. The SMILES string of the molecule is O=C(O)COc1ccccc1-c1cc(F)cc(C(=O)N2CCc3sccc3C2)c1. The van der Waals surface area contributed by atoms with Crippen LogP contribution in [0.4, 0.5) is 4.39 Å². The van der Waals surface area contributed by atoms with Crippen LogP contribution in [0.15, 0.2) is 53.9 Å². The van der Waals surface area contributed by atoms with E-state index >= 15 is 0 Å². The van der Waals surface area contributed by atoms with Crippen molar-refractivity contribution in [1.29, 1.82) is 0 Å². The van der Waals surface area contributed by atoms with Crippen molar-refractivity contribution in [3.63, 3.8) is 0 Å². The van der Waals surface area contributed by atoms with E-state index in [-0.39, 0.29) is 11.5 Å². The molecule has 0 bridgehead atoms. The Balaban J connectivity index is 1.64. The Morgan fingerprint density at radius 2 is 2.00 bits per heavy atom. The molecule has 0 aliphatic carbocycles. The number of rotatable bonds is 5. The van der Waals surface area contributed by atoms with Crippen LogP contribution >= 0.6 is 11.3 Å². The number of nitrogens with zero attached hydrogens (tertiary/aromatic N) is 1. The number of aliphatic carboxylic acids is 1. The van der Waals surface area contributed by atoms with E-state index in [4.69, 9.17) is 9.84 Å². The zero-order valence-electron chi connectivity index (χ0n) is 15.4. The fourth-order valence-electron chi connectivity index (χ4n) is 3.44. The molecule has 148 valence electrons. The van der Waals surface area contributed by atoms with Crippen molar-refractivity contribution in [1.82, 2.24) is 4.90 Å². The second-order valence-corrected chi connectivity index (χ2v) is 7.75. The summed E-state index contributed by atoms with van der Waals surface area (Å²) in [6.45, 7) is 0.604. The third-order valence-electron chi connectivity index (χ3n) is 4.79. The van der Waals surface area contributed by atoms with Crippen molar-refractivity contribution in [2.45, 2.75) is 13.0 Å². The van der Waals surface area contributed by atoms with E-state index < -0.39 is 18.4 Å². The Morgan fingerprint density at radius 1 is 1.17 bits per heavy atom. The first-order valence-corrected chi connectivity index (χ1v) is 9.98. The molecular weight excluding hydrogens is 393 g/mol. The van der Waals surface area contributed by atoms with Crippen molar-refractivity contribution in [3.05, 3.63) is 75.7 Å². The molecule has 3 aromatic rings. The first kappa shape index (κ1) is 19.1. The molecule has 0 spiro atoms. The first-order chi connectivity index (χ1) is 14.0. The van der Waals surface area contributed by atoms with Crippen LogP contribution in [-0.2, 0) is 17.8 Å². The lowest BCUT2D eigenvalue weighted by atomic mass is 10.0. The molecule has 0 saturated carbocycles. The van der Waals surface area contributed by atoms with E-state index in [1.54, 1.807) is 46.6 Å². The fraction of sp³-hybridized carbons (Fsp3) is 0.182. The predicted molar refractivity (Wildman–Crippen MR) is 108 cm³/mol. The molecule has 1 aromatic heterocycles. The van der Waals surface area contributed by atoms with Gasteiger partial charge < -0.3 is 14.7 Å². The first-order valence-electron chi connectivity index (χ1n) is 9.10. The Hall–Kier alpha value is -3.19. The lowest BCUT2D eigenvalue weighted by molar-refractivity contribution is -0.139. The minimum atomic E-state index is -1.10. The lowest BCUT2D eigenvalue weighted by Gasteiger charge is -2.27. The maximum absolute atomic E-state index is 14.4. The molecule has 0 unspecified atom stereocenters. The second-order valence-electron chi connectivity index (χ2n) is 6.75. The number of carboxylic acids is 1. The maximum Gasteiger partial charge on any atom is 0.341 e. The molecule has 0 fully saturated rings. The molecule has 0 radical (unpaired) electrons. The number of carbonyl (C=O) groups is 2. The Kier molecular flexibility index (Phi) is 5.31. The number of amides is 1. The van der Waals surface area contributed by atoms with Gasteiger partial charge in [0.05, 0.1) is 0 Å². The van der Waals surface area contributed by atoms with Crippen LogP contribution in [0.2, 0.25) is 0 Å². The Labute approximate surface area is 171 Å². The fourth-order valence-corrected chi connectivity index (χ4v) is 4.33. The summed E-state index contributed by atoms with van der Waals surface area (Å²) in [7, 11) is 0. The summed E-state index contributed by atoms with van der Waals surface area (Å²) in [6.07, 6.45) is 0.798. The van der Waals surface area contributed by atoms with Crippen LogP contribution in [0.3, 0.4) is 0 Å². The second kappa shape index (κ2) is 8.05. The highest BCUT2D eigenvalue weighted by Gasteiger charge is 2.23. The number of thiophene rings is 1. The predicted octanol–water partition coefficient (Wildman–Crippen LogP) is 4.22. The van der Waals surface area contributed by atoms with Crippen LogP contribution in [0.1, 0.15) is 20.8 Å². The number of carbonyl (C=O) groups excluding carboxylic acids is 1. The van der Waals surface area contributed by atoms with Crippen LogP contribution in [0.5, 0.6) is 5.75 Å². The van der Waals surface area contributed by atoms with Gasteiger partial charge in [-0.1, -0.05) is 18.2 Å². The Bertz CT molecular complexity index is 1080. The Morgan fingerprint density at radius 3 is 2.83 bits per heavy atom. The van der Waals surface area contributed by atoms with Crippen molar-refractivity contribution in [2.24, 2.45) is 0 Å². The summed E-state index contributed by atoms with van der Waals surface area (Å²) >= 11 is 1.69. The van der Waals surface area contributed by atoms with Gasteiger partial charge >= 0.3 is 5.97 Å². The molecule has 0 saturated heterocycles. The van der Waals surface area contributed by atoms with Gasteiger partial charge in [0.1, 0.15) is 11.6 Å². The minimum Gasteiger partial charge on any atom is -0.481 e. The highest BCUT2D eigenvalue weighted by Crippen LogP contribution is 2.32. The third-order valence-corrected chi connectivity index (χ3v) is 5.81. The summed E-state index contributed by atoms with van der Waals surface area (Å²) in [6, 6.07) is 13.0. The van der Waals surface area contributed by atoms with Crippen molar-refractivity contribution in [2.75, 3.05) is 13.2 Å². The zero-order chi connectivity index (χ0) is 20.4. The zero-order valence-corrected chi connectivity index (χ0v) is 16.2. The van der Waals surface area contributed by atoms with E-state index in [0.717, 1.165) is 12.0 Å². The smallest absolute Gasteiger partial charge is 0.341 e. The van der Waals surface area contributed by atoms with E-state index in [9.17, 15) is 14.0 Å². The standard InChI is InChI=1S/C22H18FNO4S/c23-17-10-15(18-3-1-2-4-19(18)28-13-21(25)26)9-16(11-17)22(27)24-7-5-20-14(12-24)6-8-29-20/h1-4,6,8-11H,5,7,12-13H2,(H,25,26). The maximum atomic E-state index is 14.4. The van der Waals surface area contributed by atoms with Crippen LogP contribution in [0, 0.1) is 5.82 Å². The van der Waals surface area contributed by atoms with Gasteiger partial charge in [-0.3, -0.25) is 4.79 Å². The highest BCUT2D eigenvalue weighted by molar-refractivity contribution is 7.10. The number of para-hydroxylation sites is 1. The number of benzene rings is 2. The van der Waals surface area contributed by atoms with Crippen LogP contribution in [0.25, 0.3) is 11.1 Å². The summed E-state index contributed by atoms with van der Waals surface area (Å²) < 4.78 is 19.7. The highest BCUT2D eigenvalue weighted by atomic mass is 32.1. The normalized spacial score (nSPS) is 13.1. The minimum absolute atomic E-state index is 0.230. The molecule has 1 N–H and O–H groups in total. The van der Waals surface area contributed by atoms with Gasteiger partial charge in [0, 0.05) is 29.1 Å². The molecule has 1 aliphatic heterocycles. The van der Waals surface area contributed by atoms with Gasteiger partial charge in [-0.15, -0.1) is 11.3 Å².